The van der Waals surface area contributed by atoms with Crippen molar-refractivity contribution >= 4 is 11.3 Å². The van der Waals surface area contributed by atoms with Gasteiger partial charge in [-0.1, -0.05) is 18.2 Å². The highest BCUT2D eigenvalue weighted by molar-refractivity contribution is 7.08. The van der Waals surface area contributed by atoms with Gasteiger partial charge in [0.15, 0.2) is 0 Å². The SMILES string of the molecule is COc1nc(-c2ccsc2)c(C)n(-c2ccccc2)c1=O. The number of hydrogen-bond donors (Lipinski definition) is 0. The largest absolute Gasteiger partial charge is 0.477 e. The average molecular weight is 298 g/mol. The normalized spacial score (nSPS) is 10.6. The number of rotatable bonds is 3. The highest BCUT2D eigenvalue weighted by Gasteiger charge is 2.16. The number of thiophene rings is 1. The van der Waals surface area contributed by atoms with Crippen LogP contribution in [0.1, 0.15) is 5.69 Å². The Labute approximate surface area is 126 Å². The highest BCUT2D eigenvalue weighted by atomic mass is 32.1. The van der Waals surface area contributed by atoms with Crippen LogP contribution in [0.25, 0.3) is 16.9 Å². The second-order valence-corrected chi connectivity index (χ2v) is 5.32. The summed E-state index contributed by atoms with van der Waals surface area (Å²) in [5, 5.41) is 4.00. The molecule has 0 bridgehead atoms. The monoisotopic (exact) mass is 298 g/mol. The van der Waals surface area contributed by atoms with Crippen molar-refractivity contribution in [2.24, 2.45) is 0 Å². The molecule has 1 aromatic carbocycles. The number of nitrogens with zero attached hydrogens (tertiary/aromatic N) is 2. The third-order valence-electron chi connectivity index (χ3n) is 3.28. The first-order valence-corrected chi connectivity index (χ1v) is 7.42. The van der Waals surface area contributed by atoms with Crippen LogP contribution in [0.2, 0.25) is 0 Å². The molecular weight excluding hydrogens is 284 g/mol. The molecule has 4 nitrogen and oxygen atoms in total. The maximum Gasteiger partial charge on any atom is 0.318 e. The quantitative estimate of drug-likeness (QED) is 0.745. The second-order valence-electron chi connectivity index (χ2n) is 4.54. The summed E-state index contributed by atoms with van der Waals surface area (Å²) < 4.78 is 6.80. The Bertz CT molecular complexity index is 808. The summed E-state index contributed by atoms with van der Waals surface area (Å²) in [6.45, 7) is 1.90. The van der Waals surface area contributed by atoms with Gasteiger partial charge in [0.25, 0.3) is 5.88 Å². The molecule has 0 aliphatic carbocycles. The maximum atomic E-state index is 12.5. The number of aromatic nitrogens is 2. The van der Waals surface area contributed by atoms with E-state index in [1.165, 1.54) is 7.11 Å². The molecule has 0 spiro atoms. The molecule has 0 aliphatic heterocycles. The van der Waals surface area contributed by atoms with Gasteiger partial charge in [-0.2, -0.15) is 11.3 Å². The molecule has 21 heavy (non-hydrogen) atoms. The van der Waals surface area contributed by atoms with Crippen LogP contribution in [0.15, 0.2) is 52.0 Å². The van der Waals surface area contributed by atoms with Crippen molar-refractivity contribution < 1.29 is 4.74 Å². The topological polar surface area (TPSA) is 44.1 Å². The van der Waals surface area contributed by atoms with Crippen LogP contribution in [0, 0.1) is 6.92 Å². The van der Waals surface area contributed by atoms with Crippen molar-refractivity contribution in [2.75, 3.05) is 7.11 Å². The molecule has 0 aliphatic rings. The van der Waals surface area contributed by atoms with Crippen LogP contribution < -0.4 is 10.3 Å². The molecule has 106 valence electrons. The summed E-state index contributed by atoms with van der Waals surface area (Å²) in [6, 6.07) is 11.5. The fourth-order valence-corrected chi connectivity index (χ4v) is 2.92. The Morgan fingerprint density at radius 3 is 2.57 bits per heavy atom. The second kappa shape index (κ2) is 5.54. The minimum atomic E-state index is -0.250. The van der Waals surface area contributed by atoms with E-state index in [1.54, 1.807) is 15.9 Å². The Morgan fingerprint density at radius 1 is 1.19 bits per heavy atom. The van der Waals surface area contributed by atoms with Gasteiger partial charge in [-0.15, -0.1) is 0 Å². The zero-order chi connectivity index (χ0) is 14.8. The van der Waals surface area contributed by atoms with Crippen molar-refractivity contribution in [1.29, 1.82) is 0 Å². The Balaban J connectivity index is 2.33. The molecular formula is C16H14N2O2S. The zero-order valence-electron chi connectivity index (χ0n) is 11.7. The van der Waals surface area contributed by atoms with Crippen LogP contribution in [0.5, 0.6) is 5.88 Å². The van der Waals surface area contributed by atoms with Crippen LogP contribution in [0.3, 0.4) is 0 Å². The first-order valence-electron chi connectivity index (χ1n) is 6.48. The fraction of sp³-hybridized carbons (Fsp3) is 0.125. The molecule has 0 radical (unpaired) electrons. The number of benzene rings is 1. The van der Waals surface area contributed by atoms with Gasteiger partial charge in [0.2, 0.25) is 0 Å². The van der Waals surface area contributed by atoms with E-state index in [4.69, 9.17) is 4.74 Å². The van der Waals surface area contributed by atoms with E-state index in [2.05, 4.69) is 4.98 Å². The molecule has 0 amide bonds. The lowest BCUT2D eigenvalue weighted by atomic mass is 10.2. The van der Waals surface area contributed by atoms with E-state index in [0.717, 1.165) is 22.6 Å². The number of ether oxygens (including phenoxy) is 1. The van der Waals surface area contributed by atoms with Crippen molar-refractivity contribution in [3.05, 3.63) is 63.2 Å². The molecule has 0 atom stereocenters. The summed E-state index contributed by atoms with van der Waals surface area (Å²) in [5.41, 5.74) is 3.10. The van der Waals surface area contributed by atoms with Crippen molar-refractivity contribution in [3.8, 4) is 22.8 Å². The van der Waals surface area contributed by atoms with Gasteiger partial charge in [0.05, 0.1) is 12.8 Å². The molecule has 5 heteroatoms. The van der Waals surface area contributed by atoms with Gasteiger partial charge in [0, 0.05) is 22.3 Å². The van der Waals surface area contributed by atoms with Gasteiger partial charge in [0.1, 0.15) is 0 Å². The summed E-state index contributed by atoms with van der Waals surface area (Å²) in [6.07, 6.45) is 0. The summed E-state index contributed by atoms with van der Waals surface area (Å²) in [7, 11) is 1.46. The van der Waals surface area contributed by atoms with Gasteiger partial charge >= 0.3 is 5.56 Å². The molecule has 2 heterocycles. The zero-order valence-corrected chi connectivity index (χ0v) is 12.6. The van der Waals surface area contributed by atoms with E-state index >= 15 is 0 Å². The molecule has 0 saturated carbocycles. The summed E-state index contributed by atoms with van der Waals surface area (Å²) in [4.78, 5) is 16.9. The van der Waals surface area contributed by atoms with E-state index in [0.29, 0.717) is 0 Å². The van der Waals surface area contributed by atoms with E-state index in [9.17, 15) is 4.79 Å². The molecule has 0 saturated heterocycles. The highest BCUT2D eigenvalue weighted by Crippen LogP contribution is 2.25. The first kappa shape index (κ1) is 13.6. The van der Waals surface area contributed by atoms with Gasteiger partial charge in [-0.05, 0) is 30.5 Å². The van der Waals surface area contributed by atoms with Crippen molar-refractivity contribution in [1.82, 2.24) is 9.55 Å². The predicted octanol–water partition coefficient (Wildman–Crippen LogP) is 3.28. The van der Waals surface area contributed by atoms with Gasteiger partial charge in [-0.3, -0.25) is 9.36 Å². The predicted molar refractivity (Wildman–Crippen MR) is 84.4 cm³/mol. The van der Waals surface area contributed by atoms with E-state index in [1.807, 2.05) is 54.1 Å². The molecule has 3 rings (SSSR count). The molecule has 2 aromatic heterocycles. The smallest absolute Gasteiger partial charge is 0.318 e. The Hall–Kier alpha value is -2.40. The lowest BCUT2D eigenvalue weighted by molar-refractivity contribution is 0.388. The minimum absolute atomic E-state index is 0.102. The van der Waals surface area contributed by atoms with Gasteiger partial charge in [-0.25, -0.2) is 4.98 Å². The third-order valence-corrected chi connectivity index (χ3v) is 3.96. The molecule has 0 unspecified atom stereocenters. The number of hydrogen-bond acceptors (Lipinski definition) is 4. The molecule has 0 fully saturated rings. The van der Waals surface area contributed by atoms with Crippen molar-refractivity contribution in [3.63, 3.8) is 0 Å². The van der Waals surface area contributed by atoms with Crippen molar-refractivity contribution in [2.45, 2.75) is 6.92 Å². The Morgan fingerprint density at radius 2 is 1.95 bits per heavy atom. The lowest BCUT2D eigenvalue weighted by Crippen LogP contribution is -2.24. The third kappa shape index (κ3) is 2.36. The molecule has 0 N–H and O–H groups in total. The number of para-hydroxylation sites is 1. The molecule has 3 aromatic rings. The van der Waals surface area contributed by atoms with Crippen LogP contribution in [-0.2, 0) is 0 Å². The Kier molecular flexibility index (Phi) is 3.58. The van der Waals surface area contributed by atoms with E-state index in [-0.39, 0.29) is 11.4 Å². The van der Waals surface area contributed by atoms with Crippen LogP contribution >= 0.6 is 11.3 Å². The average Bonchev–Trinajstić information content (AvgIpc) is 3.03. The standard InChI is InChI=1S/C16H14N2O2S/c1-11-14(12-8-9-21-10-12)17-15(20-2)16(19)18(11)13-6-4-3-5-7-13/h3-10H,1-2H3. The minimum Gasteiger partial charge on any atom is -0.477 e. The van der Waals surface area contributed by atoms with Crippen LogP contribution in [-0.4, -0.2) is 16.7 Å². The number of methoxy groups -OCH3 is 1. The maximum absolute atomic E-state index is 12.5. The summed E-state index contributed by atoms with van der Waals surface area (Å²) >= 11 is 1.59. The lowest BCUT2D eigenvalue weighted by Gasteiger charge is -2.14. The van der Waals surface area contributed by atoms with E-state index < -0.39 is 0 Å². The van der Waals surface area contributed by atoms with Crippen LogP contribution in [0.4, 0.5) is 0 Å². The summed E-state index contributed by atoms with van der Waals surface area (Å²) in [5.74, 6) is 0.102. The van der Waals surface area contributed by atoms with Gasteiger partial charge < -0.3 is 4.74 Å². The fourth-order valence-electron chi connectivity index (χ4n) is 2.28. The first-order chi connectivity index (χ1) is 10.2.